The van der Waals surface area contributed by atoms with E-state index in [9.17, 15) is 15.2 Å². The van der Waals surface area contributed by atoms with Gasteiger partial charge < -0.3 is 14.4 Å². The van der Waals surface area contributed by atoms with Gasteiger partial charge in [0.1, 0.15) is 17.5 Å². The Balaban J connectivity index is 2.36. The van der Waals surface area contributed by atoms with Gasteiger partial charge in [0.15, 0.2) is 0 Å². The first-order chi connectivity index (χ1) is 11.5. The Morgan fingerprint density at radius 2 is 1.96 bits per heavy atom. The maximum absolute atomic E-state index is 11.6. The van der Waals surface area contributed by atoms with Crippen LogP contribution in [0.3, 0.4) is 0 Å². The van der Waals surface area contributed by atoms with Gasteiger partial charge in [-0.1, -0.05) is 12.1 Å². The molecule has 0 amide bonds. The number of hydrogen-bond donors (Lipinski definition) is 1. The first-order valence-electron chi connectivity index (χ1n) is 7.44. The number of aromatic carboxylic acids is 1. The summed E-state index contributed by atoms with van der Waals surface area (Å²) < 4.78 is 7.04. The van der Waals surface area contributed by atoms with Crippen molar-refractivity contribution in [1.82, 2.24) is 4.57 Å². The molecule has 0 atom stereocenters. The number of nitriles is 2. The van der Waals surface area contributed by atoms with Gasteiger partial charge in [-0.15, -0.1) is 0 Å². The van der Waals surface area contributed by atoms with Crippen molar-refractivity contribution in [2.24, 2.45) is 7.05 Å². The molecule has 0 bridgehead atoms. The fourth-order valence-corrected chi connectivity index (χ4v) is 2.53. The Hall–Kier alpha value is -3.25. The molecule has 1 aromatic heterocycles. The molecule has 0 saturated heterocycles. The predicted octanol–water partition coefficient (Wildman–Crippen LogP) is 3.25. The fraction of sp³-hybridized carbons (Fsp3) is 0.278. The Morgan fingerprint density at radius 1 is 1.29 bits per heavy atom. The highest BCUT2D eigenvalue weighted by Crippen LogP contribution is 2.32. The van der Waals surface area contributed by atoms with E-state index in [0.717, 1.165) is 0 Å². The number of benzene rings is 1. The molecule has 0 saturated carbocycles. The van der Waals surface area contributed by atoms with Crippen molar-refractivity contribution in [3.63, 3.8) is 0 Å². The van der Waals surface area contributed by atoms with Gasteiger partial charge in [-0.2, -0.15) is 10.5 Å². The number of nitrogens with zero attached hydrogens (tertiary/aromatic N) is 3. The zero-order chi connectivity index (χ0) is 17.7. The van der Waals surface area contributed by atoms with Crippen LogP contribution in [0.1, 0.15) is 34.6 Å². The SMILES string of the molecule is Cc1c(C#N)c(-c2ccc(OCCCC#N)cc2)c(C(=O)O)n1C. The molecule has 24 heavy (non-hydrogen) atoms. The lowest BCUT2D eigenvalue weighted by Gasteiger charge is -2.07. The molecular weight excluding hydrogens is 306 g/mol. The minimum absolute atomic E-state index is 0.0896. The number of ether oxygens (including phenoxy) is 1. The van der Waals surface area contributed by atoms with Crippen LogP contribution < -0.4 is 4.74 Å². The third kappa shape index (κ3) is 3.23. The second-order valence-electron chi connectivity index (χ2n) is 5.29. The Bertz CT molecular complexity index is 836. The Kier molecular flexibility index (Phi) is 5.23. The lowest BCUT2D eigenvalue weighted by molar-refractivity contribution is 0.0687. The first-order valence-corrected chi connectivity index (χ1v) is 7.44. The second kappa shape index (κ2) is 7.34. The molecule has 1 N–H and O–H groups in total. The minimum Gasteiger partial charge on any atom is -0.494 e. The second-order valence-corrected chi connectivity index (χ2v) is 5.29. The van der Waals surface area contributed by atoms with E-state index < -0.39 is 5.97 Å². The predicted molar refractivity (Wildman–Crippen MR) is 87.6 cm³/mol. The maximum atomic E-state index is 11.6. The van der Waals surface area contributed by atoms with E-state index in [1.54, 1.807) is 38.2 Å². The fourth-order valence-electron chi connectivity index (χ4n) is 2.53. The van der Waals surface area contributed by atoms with Crippen molar-refractivity contribution in [1.29, 1.82) is 10.5 Å². The number of carboxylic acid groups (broad SMARTS) is 1. The van der Waals surface area contributed by atoms with E-state index in [1.807, 2.05) is 0 Å². The molecule has 1 heterocycles. The van der Waals surface area contributed by atoms with Crippen LogP contribution in [-0.4, -0.2) is 22.2 Å². The number of rotatable bonds is 6. The van der Waals surface area contributed by atoms with Gasteiger partial charge in [0.2, 0.25) is 0 Å². The summed E-state index contributed by atoms with van der Waals surface area (Å²) in [5, 5.41) is 27.4. The molecule has 0 aliphatic heterocycles. The number of aromatic nitrogens is 1. The third-order valence-electron chi connectivity index (χ3n) is 3.85. The topological polar surface area (TPSA) is 99.0 Å². The molecule has 1 aromatic carbocycles. The van der Waals surface area contributed by atoms with Gasteiger partial charge in [0.05, 0.1) is 18.2 Å². The van der Waals surface area contributed by atoms with Gasteiger partial charge in [0.25, 0.3) is 0 Å². The van der Waals surface area contributed by atoms with E-state index in [0.29, 0.717) is 47.6 Å². The van der Waals surface area contributed by atoms with Crippen LogP contribution >= 0.6 is 0 Å². The molecule has 6 nitrogen and oxygen atoms in total. The molecular formula is C18H17N3O3. The standard InChI is InChI=1S/C18H17N3O3/c1-12-15(11-20)16(17(18(22)23)21(12)2)13-5-7-14(8-6-13)24-10-4-3-9-19/h5-8H,3-4,10H2,1-2H3,(H,22,23). The summed E-state index contributed by atoms with van der Waals surface area (Å²) in [5.74, 6) is -0.436. The van der Waals surface area contributed by atoms with Crippen LogP contribution in [0.4, 0.5) is 0 Å². The Morgan fingerprint density at radius 3 is 2.50 bits per heavy atom. The molecule has 122 valence electrons. The van der Waals surface area contributed by atoms with Crippen LogP contribution in [0, 0.1) is 29.6 Å². The number of carboxylic acids is 1. The molecule has 0 aliphatic carbocycles. The molecule has 0 aliphatic rings. The summed E-state index contributed by atoms with van der Waals surface area (Å²) in [6.07, 6.45) is 1.09. The van der Waals surface area contributed by atoms with E-state index in [1.165, 1.54) is 4.57 Å². The van der Waals surface area contributed by atoms with Gasteiger partial charge in [-0.05, 0) is 31.0 Å². The summed E-state index contributed by atoms with van der Waals surface area (Å²) in [5.41, 5.74) is 2.13. The molecule has 0 radical (unpaired) electrons. The minimum atomic E-state index is -1.08. The van der Waals surface area contributed by atoms with Gasteiger partial charge in [-0.25, -0.2) is 4.79 Å². The van der Waals surface area contributed by atoms with E-state index in [4.69, 9.17) is 10.00 Å². The van der Waals surface area contributed by atoms with Crippen molar-refractivity contribution in [3.8, 4) is 29.0 Å². The van der Waals surface area contributed by atoms with Crippen LogP contribution in [0.2, 0.25) is 0 Å². The average Bonchev–Trinajstić information content (AvgIpc) is 2.83. The van der Waals surface area contributed by atoms with Crippen LogP contribution in [0.5, 0.6) is 5.75 Å². The van der Waals surface area contributed by atoms with Crippen molar-refractivity contribution in [3.05, 3.63) is 41.2 Å². The highest BCUT2D eigenvalue weighted by molar-refractivity contribution is 5.97. The number of unbranched alkanes of at least 4 members (excludes halogenated alkanes) is 1. The summed E-state index contributed by atoms with van der Waals surface area (Å²) in [6, 6.07) is 11.1. The quantitative estimate of drug-likeness (QED) is 0.823. The zero-order valence-electron chi connectivity index (χ0n) is 13.5. The van der Waals surface area contributed by atoms with Gasteiger partial charge in [-0.3, -0.25) is 0 Å². The van der Waals surface area contributed by atoms with Crippen LogP contribution in [0.15, 0.2) is 24.3 Å². The lowest BCUT2D eigenvalue weighted by atomic mass is 10.0. The van der Waals surface area contributed by atoms with Crippen LogP contribution in [0.25, 0.3) is 11.1 Å². The lowest BCUT2D eigenvalue weighted by Crippen LogP contribution is -2.06. The van der Waals surface area contributed by atoms with E-state index in [-0.39, 0.29) is 5.69 Å². The molecule has 2 aromatic rings. The van der Waals surface area contributed by atoms with Crippen molar-refractivity contribution in [2.75, 3.05) is 6.61 Å². The van der Waals surface area contributed by atoms with E-state index >= 15 is 0 Å². The highest BCUT2D eigenvalue weighted by atomic mass is 16.5. The first kappa shape index (κ1) is 17.1. The highest BCUT2D eigenvalue weighted by Gasteiger charge is 2.24. The monoisotopic (exact) mass is 323 g/mol. The molecule has 6 heteroatoms. The summed E-state index contributed by atoms with van der Waals surface area (Å²) >= 11 is 0. The molecule has 0 spiro atoms. The normalized spacial score (nSPS) is 10.0. The molecule has 0 fully saturated rings. The van der Waals surface area contributed by atoms with Crippen molar-refractivity contribution < 1.29 is 14.6 Å². The third-order valence-corrected chi connectivity index (χ3v) is 3.85. The molecule has 0 unspecified atom stereocenters. The molecule has 2 rings (SSSR count). The van der Waals surface area contributed by atoms with Gasteiger partial charge >= 0.3 is 5.97 Å². The smallest absolute Gasteiger partial charge is 0.353 e. The number of hydrogen-bond acceptors (Lipinski definition) is 4. The van der Waals surface area contributed by atoms with Crippen molar-refractivity contribution >= 4 is 5.97 Å². The summed E-state index contributed by atoms with van der Waals surface area (Å²) in [4.78, 5) is 11.6. The Labute approximate surface area is 140 Å². The van der Waals surface area contributed by atoms with Crippen molar-refractivity contribution in [2.45, 2.75) is 19.8 Å². The maximum Gasteiger partial charge on any atom is 0.353 e. The average molecular weight is 323 g/mol. The van der Waals surface area contributed by atoms with Gasteiger partial charge in [0, 0.05) is 24.7 Å². The summed E-state index contributed by atoms with van der Waals surface area (Å²) in [6.45, 7) is 2.17. The zero-order valence-corrected chi connectivity index (χ0v) is 13.5. The number of carbonyl (C=O) groups is 1. The largest absolute Gasteiger partial charge is 0.494 e. The van der Waals surface area contributed by atoms with Crippen LogP contribution in [-0.2, 0) is 7.05 Å². The van der Waals surface area contributed by atoms with E-state index in [2.05, 4.69) is 12.1 Å². The summed E-state index contributed by atoms with van der Waals surface area (Å²) in [7, 11) is 1.63.